The van der Waals surface area contributed by atoms with Gasteiger partial charge in [0.2, 0.25) is 0 Å². The predicted molar refractivity (Wildman–Crippen MR) is 187 cm³/mol. The highest BCUT2D eigenvalue weighted by atomic mass is 16.5. The van der Waals surface area contributed by atoms with E-state index in [1.807, 2.05) is 13.8 Å². The zero-order valence-electron chi connectivity index (χ0n) is 30.5. The molecule has 0 fully saturated rings. The van der Waals surface area contributed by atoms with Crippen molar-refractivity contribution in [3.05, 3.63) is 0 Å². The standard InChI is InChI=1S/C20H38O4.C18H34O4/c1-3-5-17-23-19(21)15-13-11-9-7-8-10-12-14-16-20(22)24-18-6-4-2;1-3-15-21-17(19)13-11-9-7-5-6-8-10-12-14-18(20)22-16-4-2/h3-18H2,1-2H3;3-16H2,1-2H3. The van der Waals surface area contributed by atoms with Gasteiger partial charge in [-0.1, -0.05) is 118 Å². The Morgan fingerprint density at radius 1 is 0.283 bits per heavy atom. The van der Waals surface area contributed by atoms with Gasteiger partial charge in [-0.2, -0.15) is 0 Å². The summed E-state index contributed by atoms with van der Waals surface area (Å²) in [6.07, 6.45) is 25.8. The Bertz CT molecular complexity index is 636. The molecule has 0 unspecified atom stereocenters. The van der Waals surface area contributed by atoms with Crippen LogP contribution in [0.5, 0.6) is 0 Å². The van der Waals surface area contributed by atoms with Crippen LogP contribution in [-0.2, 0) is 38.1 Å². The van der Waals surface area contributed by atoms with Crippen molar-refractivity contribution in [1.82, 2.24) is 0 Å². The summed E-state index contributed by atoms with van der Waals surface area (Å²) in [5.41, 5.74) is 0. The van der Waals surface area contributed by atoms with Crippen molar-refractivity contribution >= 4 is 23.9 Å². The molecule has 0 saturated heterocycles. The van der Waals surface area contributed by atoms with Gasteiger partial charge in [0.1, 0.15) is 0 Å². The molecule has 0 aliphatic heterocycles. The molecule has 0 aromatic heterocycles. The molecule has 0 radical (unpaired) electrons. The summed E-state index contributed by atoms with van der Waals surface area (Å²) < 4.78 is 20.3. The Morgan fingerprint density at radius 2 is 0.500 bits per heavy atom. The summed E-state index contributed by atoms with van der Waals surface area (Å²) in [7, 11) is 0. The van der Waals surface area contributed by atoms with E-state index in [-0.39, 0.29) is 23.9 Å². The van der Waals surface area contributed by atoms with Gasteiger partial charge in [0.15, 0.2) is 0 Å². The van der Waals surface area contributed by atoms with Crippen molar-refractivity contribution < 1.29 is 38.1 Å². The third-order valence-electron chi connectivity index (χ3n) is 7.48. The number of ether oxygens (including phenoxy) is 4. The van der Waals surface area contributed by atoms with Crippen molar-refractivity contribution in [3.63, 3.8) is 0 Å². The fourth-order valence-corrected chi connectivity index (χ4v) is 4.58. The summed E-state index contributed by atoms with van der Waals surface area (Å²) >= 11 is 0. The smallest absolute Gasteiger partial charge is 0.305 e. The van der Waals surface area contributed by atoms with E-state index in [1.54, 1.807) is 0 Å². The average molecular weight is 657 g/mol. The van der Waals surface area contributed by atoms with Crippen molar-refractivity contribution in [2.24, 2.45) is 0 Å². The molecule has 0 rings (SSSR count). The Balaban J connectivity index is 0. The Labute approximate surface area is 282 Å². The van der Waals surface area contributed by atoms with Crippen LogP contribution < -0.4 is 0 Å². The van der Waals surface area contributed by atoms with Gasteiger partial charge in [-0.3, -0.25) is 19.2 Å². The van der Waals surface area contributed by atoms with Crippen LogP contribution in [0.25, 0.3) is 0 Å². The van der Waals surface area contributed by atoms with E-state index in [2.05, 4.69) is 13.8 Å². The molecule has 0 N–H and O–H groups in total. The topological polar surface area (TPSA) is 105 Å². The zero-order valence-corrected chi connectivity index (χ0v) is 30.5. The van der Waals surface area contributed by atoms with E-state index in [0.29, 0.717) is 52.1 Å². The first-order chi connectivity index (χ1) is 22.4. The van der Waals surface area contributed by atoms with Gasteiger partial charge in [0.25, 0.3) is 0 Å². The number of unbranched alkanes of at least 4 members (excludes halogenated alkanes) is 16. The lowest BCUT2D eigenvalue weighted by Gasteiger charge is -2.05. The zero-order chi connectivity index (χ0) is 34.4. The van der Waals surface area contributed by atoms with Crippen LogP contribution in [0, 0.1) is 0 Å². The maximum absolute atomic E-state index is 11.4. The minimum Gasteiger partial charge on any atom is -0.466 e. The molecule has 0 saturated carbocycles. The SMILES string of the molecule is CCCCOC(=O)CCCCCCCCCCC(=O)OCCCC.CCCOC(=O)CCCCCCCCCCC(=O)OCCC. The molecule has 0 aliphatic carbocycles. The Hall–Kier alpha value is -2.12. The van der Waals surface area contributed by atoms with E-state index in [9.17, 15) is 19.2 Å². The Kier molecular flexibility index (Phi) is 39.1. The molecule has 0 aliphatic rings. The van der Waals surface area contributed by atoms with E-state index < -0.39 is 0 Å². The monoisotopic (exact) mass is 657 g/mol. The summed E-state index contributed by atoms with van der Waals surface area (Å²) in [6.45, 7) is 10.4. The van der Waals surface area contributed by atoms with Gasteiger partial charge in [-0.25, -0.2) is 0 Å². The average Bonchev–Trinajstić information content (AvgIpc) is 3.05. The molecule has 46 heavy (non-hydrogen) atoms. The quantitative estimate of drug-likeness (QED) is 0.0400. The fraction of sp³-hybridized carbons (Fsp3) is 0.895. The third-order valence-corrected chi connectivity index (χ3v) is 7.48. The number of esters is 4. The predicted octanol–water partition coefficient (Wildman–Crippen LogP) is 10.4. The van der Waals surface area contributed by atoms with Gasteiger partial charge in [-0.15, -0.1) is 0 Å². The van der Waals surface area contributed by atoms with Crippen LogP contribution in [-0.4, -0.2) is 50.3 Å². The lowest BCUT2D eigenvalue weighted by Crippen LogP contribution is -2.05. The van der Waals surface area contributed by atoms with Gasteiger partial charge in [0, 0.05) is 25.7 Å². The molecule has 8 heteroatoms. The molecule has 0 amide bonds. The van der Waals surface area contributed by atoms with E-state index in [1.165, 1.54) is 51.4 Å². The van der Waals surface area contributed by atoms with Crippen LogP contribution in [0.4, 0.5) is 0 Å². The second-order valence-corrected chi connectivity index (χ2v) is 12.2. The van der Waals surface area contributed by atoms with Crippen molar-refractivity contribution in [3.8, 4) is 0 Å². The summed E-state index contributed by atoms with van der Waals surface area (Å²) in [4.78, 5) is 45.3. The second kappa shape index (κ2) is 39.1. The maximum Gasteiger partial charge on any atom is 0.305 e. The first-order valence-corrected chi connectivity index (χ1v) is 19.0. The lowest BCUT2D eigenvalue weighted by molar-refractivity contribution is -0.144. The molecular weight excluding hydrogens is 584 g/mol. The largest absolute Gasteiger partial charge is 0.466 e. The van der Waals surface area contributed by atoms with Crippen LogP contribution in [0.3, 0.4) is 0 Å². The van der Waals surface area contributed by atoms with Crippen molar-refractivity contribution in [2.45, 2.75) is 195 Å². The minimum atomic E-state index is -0.0585. The highest BCUT2D eigenvalue weighted by Crippen LogP contribution is 2.13. The molecule has 0 aromatic rings. The van der Waals surface area contributed by atoms with Gasteiger partial charge in [0.05, 0.1) is 26.4 Å². The number of hydrogen-bond donors (Lipinski definition) is 0. The van der Waals surface area contributed by atoms with Crippen LogP contribution >= 0.6 is 0 Å². The lowest BCUT2D eigenvalue weighted by atomic mass is 10.1. The summed E-state index contributed by atoms with van der Waals surface area (Å²) in [5.74, 6) is -0.211. The molecule has 0 bridgehead atoms. The van der Waals surface area contributed by atoms with Gasteiger partial charge in [-0.05, 0) is 51.4 Å². The highest BCUT2D eigenvalue weighted by molar-refractivity contribution is 5.70. The van der Waals surface area contributed by atoms with Gasteiger partial charge < -0.3 is 18.9 Å². The van der Waals surface area contributed by atoms with Crippen LogP contribution in [0.2, 0.25) is 0 Å². The molecular formula is C38H72O8. The van der Waals surface area contributed by atoms with E-state index in [4.69, 9.17) is 18.9 Å². The summed E-state index contributed by atoms with van der Waals surface area (Å²) in [6, 6.07) is 0. The number of rotatable bonds is 32. The van der Waals surface area contributed by atoms with Crippen LogP contribution in [0.15, 0.2) is 0 Å². The molecule has 272 valence electrons. The Morgan fingerprint density at radius 3 is 0.717 bits per heavy atom. The number of carbonyl (C=O) groups is 4. The summed E-state index contributed by atoms with van der Waals surface area (Å²) in [5, 5.41) is 0. The van der Waals surface area contributed by atoms with Crippen molar-refractivity contribution in [1.29, 1.82) is 0 Å². The fourth-order valence-electron chi connectivity index (χ4n) is 4.58. The van der Waals surface area contributed by atoms with Crippen molar-refractivity contribution in [2.75, 3.05) is 26.4 Å². The van der Waals surface area contributed by atoms with E-state index in [0.717, 1.165) is 89.9 Å². The maximum atomic E-state index is 11.4. The number of carbonyl (C=O) groups excluding carboxylic acids is 4. The number of hydrogen-bond acceptors (Lipinski definition) is 8. The normalized spacial score (nSPS) is 10.5. The highest BCUT2D eigenvalue weighted by Gasteiger charge is 2.05. The van der Waals surface area contributed by atoms with Crippen LogP contribution in [0.1, 0.15) is 195 Å². The molecule has 0 spiro atoms. The first-order valence-electron chi connectivity index (χ1n) is 19.0. The minimum absolute atomic E-state index is 0.0470. The molecule has 0 atom stereocenters. The first kappa shape index (κ1) is 46.0. The third kappa shape index (κ3) is 39.9. The van der Waals surface area contributed by atoms with E-state index >= 15 is 0 Å². The second-order valence-electron chi connectivity index (χ2n) is 12.2. The molecule has 8 nitrogen and oxygen atoms in total. The molecule has 0 aromatic carbocycles. The van der Waals surface area contributed by atoms with Gasteiger partial charge >= 0.3 is 23.9 Å². The molecule has 0 heterocycles.